The summed E-state index contributed by atoms with van der Waals surface area (Å²) in [6.07, 6.45) is 4.64. The molecule has 0 amide bonds. The summed E-state index contributed by atoms with van der Waals surface area (Å²) in [4.78, 5) is 3.87. The van der Waals surface area contributed by atoms with E-state index in [9.17, 15) is 0 Å². The average Bonchev–Trinajstić information content (AvgIpc) is 2.37. The van der Waals surface area contributed by atoms with Crippen LogP contribution >= 0.6 is 11.8 Å². The van der Waals surface area contributed by atoms with E-state index in [0.717, 1.165) is 6.54 Å². The van der Waals surface area contributed by atoms with Crippen molar-refractivity contribution in [3.63, 3.8) is 0 Å². The van der Waals surface area contributed by atoms with Gasteiger partial charge in [0.15, 0.2) is 0 Å². The second-order valence-electron chi connectivity index (χ2n) is 7.28. The molecule has 0 aliphatic heterocycles. The second kappa shape index (κ2) is 7.00. The monoisotopic (exact) mass is 293 g/mol. The van der Waals surface area contributed by atoms with E-state index in [2.05, 4.69) is 77.1 Å². The molecule has 20 heavy (non-hydrogen) atoms. The van der Waals surface area contributed by atoms with Gasteiger partial charge in [-0.3, -0.25) is 0 Å². The molecule has 0 saturated heterocycles. The van der Waals surface area contributed by atoms with Crippen LogP contribution in [0, 0.1) is 0 Å². The highest BCUT2D eigenvalue weighted by Gasteiger charge is 2.24. The Bertz CT molecular complexity index is 418. The first-order valence-corrected chi connectivity index (χ1v) is 8.76. The second-order valence-corrected chi connectivity index (χ2v) is 8.13. The number of rotatable bonds is 6. The van der Waals surface area contributed by atoms with Gasteiger partial charge >= 0.3 is 0 Å². The zero-order valence-electron chi connectivity index (χ0n) is 14.3. The lowest BCUT2D eigenvalue weighted by atomic mass is 9.80. The molecule has 0 N–H and O–H groups in total. The summed E-state index contributed by atoms with van der Waals surface area (Å²) < 4.78 is 0. The smallest absolute Gasteiger partial charge is 0.0122 e. The molecular formula is C18H31NS. The van der Waals surface area contributed by atoms with Crippen LogP contribution in [-0.2, 0) is 5.41 Å². The molecule has 0 radical (unpaired) electrons. The highest BCUT2D eigenvalue weighted by Crippen LogP contribution is 2.35. The third-order valence-electron chi connectivity index (χ3n) is 4.28. The van der Waals surface area contributed by atoms with E-state index in [1.807, 2.05) is 11.8 Å². The molecule has 0 bridgehead atoms. The van der Waals surface area contributed by atoms with Gasteiger partial charge in [0.05, 0.1) is 0 Å². The minimum atomic E-state index is 0.248. The van der Waals surface area contributed by atoms with Gasteiger partial charge in [0, 0.05) is 10.4 Å². The number of thioether (sulfide) groups is 1. The quantitative estimate of drug-likeness (QED) is 0.663. The van der Waals surface area contributed by atoms with Crippen LogP contribution in [0.3, 0.4) is 0 Å². The average molecular weight is 294 g/mol. The number of benzene rings is 1. The maximum Gasteiger partial charge on any atom is 0.0122 e. The summed E-state index contributed by atoms with van der Waals surface area (Å²) >= 11 is 1.86. The zero-order chi connectivity index (χ0) is 15.4. The van der Waals surface area contributed by atoms with Crippen molar-refractivity contribution < 1.29 is 0 Å². The lowest BCUT2D eigenvalue weighted by Gasteiger charge is -2.33. The summed E-state index contributed by atoms with van der Waals surface area (Å²) in [6, 6.07) is 8.83. The van der Waals surface area contributed by atoms with Gasteiger partial charge in [0.2, 0.25) is 0 Å². The standard InChI is InChI=1S/C18H31NS/c1-17(2,3)19(6)14-10-13-18(4,5)15-11-8-9-12-16(15)20-7/h8-9,11-12H,10,13-14H2,1-7H3. The fraction of sp³-hybridized carbons (Fsp3) is 0.667. The molecule has 0 aromatic heterocycles. The van der Waals surface area contributed by atoms with Crippen LogP contribution in [0.2, 0.25) is 0 Å². The van der Waals surface area contributed by atoms with Crippen molar-refractivity contribution >= 4 is 11.8 Å². The molecule has 1 rings (SSSR count). The van der Waals surface area contributed by atoms with Gasteiger partial charge in [-0.15, -0.1) is 11.8 Å². The van der Waals surface area contributed by atoms with Crippen molar-refractivity contribution in [1.82, 2.24) is 4.90 Å². The minimum Gasteiger partial charge on any atom is -0.302 e. The summed E-state index contributed by atoms with van der Waals surface area (Å²) in [7, 11) is 2.23. The number of hydrogen-bond donors (Lipinski definition) is 0. The maximum absolute atomic E-state index is 2.45. The van der Waals surface area contributed by atoms with Crippen molar-refractivity contribution in [1.29, 1.82) is 0 Å². The molecule has 0 unspecified atom stereocenters. The van der Waals surface area contributed by atoms with Crippen LogP contribution < -0.4 is 0 Å². The summed E-state index contributed by atoms with van der Waals surface area (Å²) in [5.74, 6) is 0. The molecule has 2 heteroatoms. The maximum atomic E-state index is 2.45. The summed E-state index contributed by atoms with van der Waals surface area (Å²) in [5, 5.41) is 0. The summed E-state index contributed by atoms with van der Waals surface area (Å²) in [6.45, 7) is 12.7. The van der Waals surface area contributed by atoms with E-state index in [1.54, 1.807) is 0 Å². The molecular weight excluding hydrogens is 262 g/mol. The molecule has 0 spiro atoms. The van der Waals surface area contributed by atoms with E-state index in [4.69, 9.17) is 0 Å². The molecule has 0 heterocycles. The highest BCUT2D eigenvalue weighted by molar-refractivity contribution is 7.98. The molecule has 114 valence electrons. The molecule has 0 aliphatic carbocycles. The van der Waals surface area contributed by atoms with Crippen molar-refractivity contribution in [2.24, 2.45) is 0 Å². The van der Waals surface area contributed by atoms with Crippen LogP contribution in [0.25, 0.3) is 0 Å². The Balaban J connectivity index is 2.66. The van der Waals surface area contributed by atoms with Crippen LogP contribution in [0.1, 0.15) is 53.0 Å². The minimum absolute atomic E-state index is 0.248. The van der Waals surface area contributed by atoms with Crippen molar-refractivity contribution in [2.45, 2.75) is 63.3 Å². The van der Waals surface area contributed by atoms with Crippen molar-refractivity contribution in [3.8, 4) is 0 Å². The lowest BCUT2D eigenvalue weighted by molar-refractivity contribution is 0.168. The topological polar surface area (TPSA) is 3.24 Å². The molecule has 0 atom stereocenters. The molecule has 0 fully saturated rings. The van der Waals surface area contributed by atoms with Crippen LogP contribution in [0.4, 0.5) is 0 Å². The van der Waals surface area contributed by atoms with Gasteiger partial charge in [-0.25, -0.2) is 0 Å². The van der Waals surface area contributed by atoms with Crippen LogP contribution in [-0.4, -0.2) is 30.3 Å². The highest BCUT2D eigenvalue weighted by atomic mass is 32.2. The Morgan fingerprint density at radius 2 is 1.65 bits per heavy atom. The van der Waals surface area contributed by atoms with Crippen molar-refractivity contribution in [2.75, 3.05) is 19.8 Å². The van der Waals surface area contributed by atoms with E-state index >= 15 is 0 Å². The Labute approximate surface area is 130 Å². The lowest BCUT2D eigenvalue weighted by Crippen LogP contribution is -2.39. The van der Waals surface area contributed by atoms with Crippen molar-refractivity contribution in [3.05, 3.63) is 29.8 Å². The van der Waals surface area contributed by atoms with Gasteiger partial charge in [-0.2, -0.15) is 0 Å². The number of hydrogen-bond acceptors (Lipinski definition) is 2. The van der Waals surface area contributed by atoms with Gasteiger partial charge in [-0.1, -0.05) is 32.0 Å². The molecule has 1 nitrogen and oxygen atoms in total. The fourth-order valence-corrected chi connectivity index (χ4v) is 3.21. The van der Waals surface area contributed by atoms with E-state index < -0.39 is 0 Å². The van der Waals surface area contributed by atoms with Gasteiger partial charge in [0.1, 0.15) is 0 Å². The van der Waals surface area contributed by atoms with Gasteiger partial charge in [-0.05, 0) is 70.5 Å². The Hall–Kier alpha value is -0.470. The first-order valence-electron chi connectivity index (χ1n) is 7.53. The first-order chi connectivity index (χ1) is 9.18. The third-order valence-corrected chi connectivity index (χ3v) is 5.07. The van der Waals surface area contributed by atoms with Crippen LogP contribution in [0.5, 0.6) is 0 Å². The van der Waals surface area contributed by atoms with E-state index in [1.165, 1.54) is 23.3 Å². The van der Waals surface area contributed by atoms with Gasteiger partial charge < -0.3 is 4.90 Å². The fourth-order valence-electron chi connectivity index (χ4n) is 2.43. The van der Waals surface area contributed by atoms with E-state index in [0.29, 0.717) is 0 Å². The van der Waals surface area contributed by atoms with E-state index in [-0.39, 0.29) is 11.0 Å². The Morgan fingerprint density at radius 1 is 1.05 bits per heavy atom. The largest absolute Gasteiger partial charge is 0.302 e. The Morgan fingerprint density at radius 3 is 2.20 bits per heavy atom. The number of nitrogens with zero attached hydrogens (tertiary/aromatic N) is 1. The third kappa shape index (κ3) is 4.82. The summed E-state index contributed by atoms with van der Waals surface area (Å²) in [5.41, 5.74) is 2.01. The molecule has 0 aliphatic rings. The Kier molecular flexibility index (Phi) is 6.15. The zero-order valence-corrected chi connectivity index (χ0v) is 15.1. The molecule has 1 aromatic rings. The SMILES string of the molecule is CSc1ccccc1C(C)(C)CCCN(C)C(C)(C)C. The van der Waals surface area contributed by atoms with Gasteiger partial charge in [0.25, 0.3) is 0 Å². The molecule has 1 aromatic carbocycles. The predicted molar refractivity (Wildman–Crippen MR) is 92.9 cm³/mol. The molecule has 0 saturated carbocycles. The predicted octanol–water partition coefficient (Wildman–Crippen LogP) is 5.20. The first kappa shape index (κ1) is 17.6. The van der Waals surface area contributed by atoms with Crippen LogP contribution in [0.15, 0.2) is 29.2 Å². The normalized spacial score (nSPS) is 13.0.